The second-order valence-corrected chi connectivity index (χ2v) is 10.6. The summed E-state index contributed by atoms with van der Waals surface area (Å²) in [5.41, 5.74) is 3.02. The maximum absolute atomic E-state index is 14.7. The molecule has 33 heavy (non-hydrogen) atoms. The van der Waals surface area contributed by atoms with Gasteiger partial charge in [0.05, 0.1) is 16.6 Å². The maximum atomic E-state index is 14.7. The highest BCUT2D eigenvalue weighted by Crippen LogP contribution is 2.35. The van der Waals surface area contributed by atoms with Crippen LogP contribution in [0.25, 0.3) is 5.57 Å². The molecule has 0 spiro atoms. The van der Waals surface area contributed by atoms with Gasteiger partial charge in [-0.05, 0) is 36.7 Å². The summed E-state index contributed by atoms with van der Waals surface area (Å²) in [4.78, 5) is 3.23. The van der Waals surface area contributed by atoms with Gasteiger partial charge in [-0.3, -0.25) is 4.72 Å². The van der Waals surface area contributed by atoms with Crippen LogP contribution in [0.4, 0.5) is 10.2 Å². The van der Waals surface area contributed by atoms with E-state index in [4.69, 9.17) is 39.5 Å². The van der Waals surface area contributed by atoms with Crippen LogP contribution in [0, 0.1) is 5.82 Å². The van der Waals surface area contributed by atoms with Gasteiger partial charge in [0.15, 0.2) is 5.82 Å². The maximum Gasteiger partial charge on any atom is 0.266 e. The number of hydrogen-bond acceptors (Lipinski definition) is 6. The van der Waals surface area contributed by atoms with Crippen LogP contribution in [0.1, 0.15) is 12.0 Å². The van der Waals surface area contributed by atoms with E-state index < -0.39 is 20.7 Å². The van der Waals surface area contributed by atoms with Crippen molar-refractivity contribution in [1.29, 1.82) is 0 Å². The van der Waals surface area contributed by atoms with Gasteiger partial charge < -0.3 is 10.1 Å². The number of nitrogens with zero attached hydrogens (tertiary/aromatic N) is 1. The van der Waals surface area contributed by atoms with Gasteiger partial charge in [-0.1, -0.05) is 46.9 Å². The Labute approximate surface area is 209 Å². The first-order valence-electron chi connectivity index (χ1n) is 9.67. The number of benzene rings is 2. The second-order valence-electron chi connectivity index (χ2n) is 7.05. The zero-order chi connectivity index (χ0) is 23.6. The zero-order valence-electron chi connectivity index (χ0n) is 16.8. The average molecular weight is 549 g/mol. The molecule has 2 heterocycles. The summed E-state index contributed by atoms with van der Waals surface area (Å²) in [6.45, 7) is 0.802. The minimum absolute atomic E-state index is 0.0127. The van der Waals surface area contributed by atoms with Crippen LogP contribution in [0.2, 0.25) is 15.1 Å². The lowest BCUT2D eigenvalue weighted by Crippen LogP contribution is -2.39. The summed E-state index contributed by atoms with van der Waals surface area (Å²) in [5.74, 6) is -0.894. The molecule has 3 aromatic rings. The van der Waals surface area contributed by atoms with E-state index in [2.05, 4.69) is 15.0 Å². The number of sulfonamides is 1. The van der Waals surface area contributed by atoms with Gasteiger partial charge in [0.25, 0.3) is 10.0 Å². The molecule has 2 N–H and O–H groups in total. The molecule has 6 nitrogen and oxygen atoms in total. The molecular formula is C21H17Cl3FN3O3S2. The Kier molecular flexibility index (Phi) is 7.47. The molecule has 0 saturated heterocycles. The highest BCUT2D eigenvalue weighted by atomic mass is 35.5. The fourth-order valence-electron chi connectivity index (χ4n) is 3.39. The van der Waals surface area contributed by atoms with Crippen molar-refractivity contribution in [3.8, 4) is 5.75 Å². The van der Waals surface area contributed by atoms with Crippen molar-refractivity contribution < 1.29 is 17.5 Å². The van der Waals surface area contributed by atoms with Gasteiger partial charge in [-0.2, -0.15) is 0 Å². The quantitative estimate of drug-likeness (QED) is 0.386. The predicted molar refractivity (Wildman–Crippen MR) is 131 cm³/mol. The molecule has 0 aliphatic carbocycles. The Morgan fingerprint density at radius 2 is 1.97 bits per heavy atom. The zero-order valence-corrected chi connectivity index (χ0v) is 20.7. The van der Waals surface area contributed by atoms with Crippen LogP contribution in [0.3, 0.4) is 0 Å². The molecular weight excluding hydrogens is 532 g/mol. The summed E-state index contributed by atoms with van der Waals surface area (Å²) in [7, 11) is -4.21. The number of aromatic nitrogens is 1. The van der Waals surface area contributed by atoms with Crippen LogP contribution in [-0.2, 0) is 10.0 Å². The van der Waals surface area contributed by atoms with Crippen molar-refractivity contribution in [3.05, 3.63) is 73.7 Å². The number of rotatable bonds is 7. The monoisotopic (exact) mass is 547 g/mol. The summed E-state index contributed by atoms with van der Waals surface area (Å²) >= 11 is 20.2. The van der Waals surface area contributed by atoms with E-state index in [9.17, 15) is 12.8 Å². The van der Waals surface area contributed by atoms with E-state index >= 15 is 0 Å². The highest BCUT2D eigenvalue weighted by Gasteiger charge is 2.26. The Morgan fingerprint density at radius 3 is 2.67 bits per heavy atom. The van der Waals surface area contributed by atoms with Gasteiger partial charge in [-0.25, -0.2) is 17.8 Å². The number of anilines is 1. The van der Waals surface area contributed by atoms with Gasteiger partial charge in [0, 0.05) is 27.1 Å². The second kappa shape index (κ2) is 10.2. The predicted octanol–water partition coefficient (Wildman–Crippen LogP) is 5.87. The minimum atomic E-state index is -4.21. The highest BCUT2D eigenvalue weighted by molar-refractivity contribution is 7.92. The summed E-state index contributed by atoms with van der Waals surface area (Å²) in [6.07, 6.45) is 2.81. The van der Waals surface area contributed by atoms with Crippen molar-refractivity contribution in [2.45, 2.75) is 17.4 Å². The van der Waals surface area contributed by atoms with Crippen molar-refractivity contribution in [3.63, 3.8) is 0 Å². The number of hydrogen-bond donors (Lipinski definition) is 2. The van der Waals surface area contributed by atoms with E-state index in [1.807, 2.05) is 6.08 Å². The average Bonchev–Trinajstić information content (AvgIpc) is 3.27. The molecule has 4 rings (SSSR count). The largest absolute Gasteiger partial charge is 0.490 e. The lowest BCUT2D eigenvalue weighted by atomic mass is 9.95. The summed E-state index contributed by atoms with van der Waals surface area (Å²) in [6, 6.07) is 6.94. The van der Waals surface area contributed by atoms with Gasteiger partial charge in [0.2, 0.25) is 0 Å². The van der Waals surface area contributed by atoms with E-state index in [-0.39, 0.29) is 29.2 Å². The number of thiazole rings is 1. The van der Waals surface area contributed by atoms with E-state index in [1.54, 1.807) is 18.2 Å². The Balaban J connectivity index is 1.54. The normalized spacial score (nSPS) is 16.4. The Hall–Kier alpha value is -1.88. The fraction of sp³-hybridized carbons (Fsp3) is 0.190. The lowest BCUT2D eigenvalue weighted by Gasteiger charge is -2.27. The van der Waals surface area contributed by atoms with Crippen LogP contribution in [-0.4, -0.2) is 32.6 Å². The molecule has 174 valence electrons. The van der Waals surface area contributed by atoms with E-state index in [0.717, 1.165) is 24.1 Å². The molecule has 1 atom stereocenters. The Bertz CT molecular complexity index is 1280. The van der Waals surface area contributed by atoms with Crippen LogP contribution in [0.15, 0.2) is 52.2 Å². The molecule has 0 fully saturated rings. The minimum Gasteiger partial charge on any atom is -0.490 e. The molecule has 0 saturated carbocycles. The van der Waals surface area contributed by atoms with Crippen LogP contribution in [0.5, 0.6) is 5.75 Å². The third-order valence-electron chi connectivity index (χ3n) is 4.88. The third kappa shape index (κ3) is 5.45. The molecule has 0 bridgehead atoms. The van der Waals surface area contributed by atoms with Crippen molar-refractivity contribution >= 4 is 67.6 Å². The number of nitrogens with one attached hydrogen (secondary N) is 2. The molecule has 1 aliphatic rings. The van der Waals surface area contributed by atoms with Crippen LogP contribution >= 0.6 is 46.1 Å². The standard InChI is InChI=1S/C21H17Cl3FN3O3S2/c22-13-4-1-5-14(23)21(13)12-3-2-6-26-17(12)9-31-18-8-16(25)19(7-15(18)24)33(29,30)28-20-10-32-11-27-20/h1,3-5,7-8,10-11,17,26,28H,2,6,9H2. The molecule has 1 unspecified atom stereocenters. The molecule has 2 aromatic carbocycles. The first-order valence-corrected chi connectivity index (χ1v) is 13.2. The van der Waals surface area contributed by atoms with Crippen molar-refractivity contribution in [1.82, 2.24) is 10.3 Å². The van der Waals surface area contributed by atoms with E-state index in [0.29, 0.717) is 22.2 Å². The Morgan fingerprint density at radius 1 is 1.21 bits per heavy atom. The van der Waals surface area contributed by atoms with Crippen molar-refractivity contribution in [2.75, 3.05) is 17.9 Å². The SMILES string of the molecule is O=S(=O)(Nc1cscn1)c1cc(Cl)c(OCC2NCCC=C2c2c(Cl)cccc2Cl)cc1F. The number of halogens is 4. The fourth-order valence-corrected chi connectivity index (χ4v) is 5.93. The van der Waals surface area contributed by atoms with E-state index in [1.165, 1.54) is 22.2 Å². The molecule has 0 radical (unpaired) electrons. The smallest absolute Gasteiger partial charge is 0.266 e. The number of ether oxygens (including phenoxy) is 1. The first kappa shape index (κ1) is 24.3. The first-order chi connectivity index (χ1) is 15.8. The lowest BCUT2D eigenvalue weighted by molar-refractivity contribution is 0.287. The molecule has 1 aliphatic heterocycles. The van der Waals surface area contributed by atoms with Gasteiger partial charge in [-0.15, -0.1) is 11.3 Å². The molecule has 12 heteroatoms. The molecule has 0 amide bonds. The van der Waals surface area contributed by atoms with Gasteiger partial charge in [0.1, 0.15) is 23.1 Å². The summed E-state index contributed by atoms with van der Waals surface area (Å²) in [5, 5.41) is 5.78. The van der Waals surface area contributed by atoms with Gasteiger partial charge >= 0.3 is 0 Å². The van der Waals surface area contributed by atoms with Crippen LogP contribution < -0.4 is 14.8 Å². The van der Waals surface area contributed by atoms with Crippen molar-refractivity contribution in [2.24, 2.45) is 0 Å². The molecule has 1 aromatic heterocycles. The topological polar surface area (TPSA) is 80.3 Å². The third-order valence-corrected chi connectivity index (χ3v) is 7.76. The summed E-state index contributed by atoms with van der Waals surface area (Å²) < 4.78 is 47.8.